The highest BCUT2D eigenvalue weighted by molar-refractivity contribution is 5.87. The Hall–Kier alpha value is -0.910. The maximum atomic E-state index is 11.8. The van der Waals surface area contributed by atoms with Crippen LogP contribution in [0, 0.1) is 5.92 Å². The highest BCUT2D eigenvalue weighted by Crippen LogP contribution is 2.17. The first-order valence-electron chi connectivity index (χ1n) is 6.45. The number of aliphatic hydroxyl groups excluding tert-OH is 2. The molecule has 3 atom stereocenters. The van der Waals surface area contributed by atoms with Crippen molar-refractivity contribution in [1.29, 1.82) is 0 Å². The molecule has 5 heteroatoms. The van der Waals surface area contributed by atoms with E-state index in [9.17, 15) is 15.0 Å². The van der Waals surface area contributed by atoms with Crippen molar-refractivity contribution in [1.82, 2.24) is 4.90 Å². The van der Waals surface area contributed by atoms with Crippen LogP contribution in [-0.4, -0.2) is 59.5 Å². The summed E-state index contributed by atoms with van der Waals surface area (Å²) in [5.74, 6) is -0.291. The van der Waals surface area contributed by atoms with E-state index in [4.69, 9.17) is 4.74 Å². The molecule has 0 unspecified atom stereocenters. The fourth-order valence-electron chi connectivity index (χ4n) is 2.10. The predicted molar refractivity (Wildman–Crippen MR) is 68.0 cm³/mol. The molecule has 0 saturated carbocycles. The van der Waals surface area contributed by atoms with Gasteiger partial charge in [0.25, 0.3) is 0 Å². The molecule has 0 aromatic carbocycles. The molecule has 0 bridgehead atoms. The van der Waals surface area contributed by atoms with Crippen molar-refractivity contribution in [3.05, 3.63) is 12.2 Å². The largest absolute Gasteiger partial charge is 0.390 e. The van der Waals surface area contributed by atoms with Crippen molar-refractivity contribution in [2.24, 2.45) is 5.92 Å². The summed E-state index contributed by atoms with van der Waals surface area (Å²) in [4.78, 5) is 13.5. The number of aliphatic hydroxyl groups is 2. The van der Waals surface area contributed by atoms with Gasteiger partial charge in [0.05, 0.1) is 19.3 Å². The van der Waals surface area contributed by atoms with Gasteiger partial charge in [-0.2, -0.15) is 0 Å². The second kappa shape index (κ2) is 7.51. The average Bonchev–Trinajstić information content (AvgIpc) is 2.34. The molecule has 104 valence electrons. The highest BCUT2D eigenvalue weighted by atomic mass is 16.5. The Labute approximate surface area is 108 Å². The third-order valence-corrected chi connectivity index (χ3v) is 3.07. The monoisotopic (exact) mass is 257 g/mol. The molecule has 1 amide bonds. The van der Waals surface area contributed by atoms with Gasteiger partial charge in [-0.3, -0.25) is 4.79 Å². The average molecular weight is 257 g/mol. The molecule has 2 N–H and O–H groups in total. The van der Waals surface area contributed by atoms with Crippen molar-refractivity contribution < 1.29 is 19.7 Å². The maximum absolute atomic E-state index is 11.8. The van der Waals surface area contributed by atoms with Gasteiger partial charge in [0, 0.05) is 19.0 Å². The van der Waals surface area contributed by atoms with E-state index < -0.39 is 12.2 Å². The van der Waals surface area contributed by atoms with Gasteiger partial charge in [0.15, 0.2) is 0 Å². The van der Waals surface area contributed by atoms with Crippen molar-refractivity contribution in [3.63, 3.8) is 0 Å². The quantitative estimate of drug-likeness (QED) is 0.689. The van der Waals surface area contributed by atoms with Gasteiger partial charge in [0.1, 0.15) is 6.10 Å². The molecule has 0 spiro atoms. The van der Waals surface area contributed by atoms with Crippen LogP contribution in [0.5, 0.6) is 0 Å². The molecule has 1 aliphatic heterocycles. The number of ether oxygens (including phenoxy) is 1. The summed E-state index contributed by atoms with van der Waals surface area (Å²) in [5, 5.41) is 19.4. The molecule has 0 aromatic rings. The summed E-state index contributed by atoms with van der Waals surface area (Å²) in [6.07, 6.45) is 2.39. The summed E-state index contributed by atoms with van der Waals surface area (Å²) in [5.41, 5.74) is 0. The van der Waals surface area contributed by atoms with Crippen LogP contribution < -0.4 is 0 Å². The highest BCUT2D eigenvalue weighted by Gasteiger charge is 2.32. The normalized spacial score (nSPS) is 28.6. The first kappa shape index (κ1) is 15.1. The van der Waals surface area contributed by atoms with Gasteiger partial charge in [-0.15, -0.1) is 0 Å². The van der Waals surface area contributed by atoms with E-state index in [2.05, 4.69) is 0 Å². The molecule has 0 aliphatic carbocycles. The first-order chi connectivity index (χ1) is 8.60. The van der Waals surface area contributed by atoms with Crippen LogP contribution in [0.25, 0.3) is 0 Å². The molecule has 0 radical (unpaired) electrons. The summed E-state index contributed by atoms with van der Waals surface area (Å²) < 4.78 is 5.22. The number of carbonyl (C=O) groups excluding carboxylic acids is 1. The zero-order valence-corrected chi connectivity index (χ0v) is 11.1. The smallest absolute Gasteiger partial charge is 0.246 e. The minimum absolute atomic E-state index is 0.0633. The molecule has 5 nitrogen and oxygen atoms in total. The number of amides is 1. The van der Waals surface area contributed by atoms with Crippen molar-refractivity contribution >= 4 is 5.91 Å². The zero-order valence-electron chi connectivity index (χ0n) is 11.1. The van der Waals surface area contributed by atoms with E-state index in [0.717, 1.165) is 6.42 Å². The number of nitrogens with zero attached hydrogens (tertiary/aromatic N) is 1. The maximum Gasteiger partial charge on any atom is 0.246 e. The lowest BCUT2D eigenvalue weighted by molar-refractivity contribution is -0.138. The fraction of sp³-hybridized carbons (Fsp3) is 0.769. The van der Waals surface area contributed by atoms with E-state index in [-0.39, 0.29) is 18.4 Å². The Morgan fingerprint density at radius 3 is 2.78 bits per heavy atom. The Morgan fingerprint density at radius 2 is 2.17 bits per heavy atom. The lowest BCUT2D eigenvalue weighted by Crippen LogP contribution is -2.49. The van der Waals surface area contributed by atoms with E-state index in [0.29, 0.717) is 19.7 Å². The Kier molecular flexibility index (Phi) is 6.32. The fourth-order valence-corrected chi connectivity index (χ4v) is 2.10. The van der Waals surface area contributed by atoms with Gasteiger partial charge < -0.3 is 19.8 Å². The molecular formula is C13H23NO4. The molecule has 1 rings (SSSR count). The van der Waals surface area contributed by atoms with Crippen LogP contribution >= 0.6 is 0 Å². The number of rotatable bonds is 5. The van der Waals surface area contributed by atoms with Crippen molar-refractivity contribution in [2.45, 2.75) is 32.5 Å². The minimum atomic E-state index is -0.857. The van der Waals surface area contributed by atoms with Crippen LogP contribution in [0.2, 0.25) is 0 Å². The summed E-state index contributed by atoms with van der Waals surface area (Å²) in [7, 11) is 0. The lowest BCUT2D eigenvalue weighted by Gasteiger charge is -2.35. The number of hydrogen-bond acceptors (Lipinski definition) is 4. The number of allylic oxidation sites excluding steroid dienone is 1. The minimum Gasteiger partial charge on any atom is -0.390 e. The molecule has 1 saturated heterocycles. The van der Waals surface area contributed by atoms with E-state index in [1.165, 1.54) is 6.08 Å². The second-order valence-corrected chi connectivity index (χ2v) is 4.64. The van der Waals surface area contributed by atoms with E-state index >= 15 is 0 Å². The summed E-state index contributed by atoms with van der Waals surface area (Å²) in [6, 6.07) is 0. The Bertz CT molecular complexity index is 293. The second-order valence-electron chi connectivity index (χ2n) is 4.64. The summed E-state index contributed by atoms with van der Waals surface area (Å²) >= 11 is 0. The van der Waals surface area contributed by atoms with E-state index in [1.807, 2.05) is 6.92 Å². The van der Waals surface area contributed by atoms with Crippen molar-refractivity contribution in [2.75, 3.05) is 26.3 Å². The number of carbonyl (C=O) groups is 1. The standard InChI is InChI=1S/C13H23NO4/c1-3-5-12(16)14(6-4-2)7-10-8-18-9-11(15)13(10)17/h3,5,10-11,13,15,17H,4,6-9H2,1-2H3/b5-3+/t10-,11-,13+/m1/s1. The topological polar surface area (TPSA) is 70.0 Å². The predicted octanol–water partition coefficient (Wildman–Crippen LogP) is 0.169. The van der Waals surface area contributed by atoms with Crippen molar-refractivity contribution in [3.8, 4) is 0 Å². The van der Waals surface area contributed by atoms with Gasteiger partial charge in [-0.05, 0) is 19.4 Å². The molecule has 18 heavy (non-hydrogen) atoms. The molecular weight excluding hydrogens is 234 g/mol. The summed E-state index contributed by atoms with van der Waals surface area (Å²) in [6.45, 7) is 5.39. The van der Waals surface area contributed by atoms with Crippen LogP contribution in [0.1, 0.15) is 20.3 Å². The van der Waals surface area contributed by atoms with Crippen LogP contribution in [-0.2, 0) is 9.53 Å². The third kappa shape index (κ3) is 4.08. The molecule has 1 heterocycles. The lowest BCUT2D eigenvalue weighted by atomic mass is 9.96. The first-order valence-corrected chi connectivity index (χ1v) is 6.45. The van der Waals surface area contributed by atoms with Crippen LogP contribution in [0.4, 0.5) is 0 Å². The zero-order chi connectivity index (χ0) is 13.5. The third-order valence-electron chi connectivity index (χ3n) is 3.07. The van der Waals surface area contributed by atoms with Crippen LogP contribution in [0.3, 0.4) is 0 Å². The van der Waals surface area contributed by atoms with E-state index in [1.54, 1.807) is 17.9 Å². The SMILES string of the molecule is C/C=C/C(=O)N(CCC)C[C@@H]1COC[C@@H](O)[C@H]1O. The molecule has 1 fully saturated rings. The van der Waals surface area contributed by atoms with Crippen LogP contribution in [0.15, 0.2) is 12.2 Å². The van der Waals surface area contributed by atoms with Gasteiger partial charge in [0.2, 0.25) is 5.91 Å². The van der Waals surface area contributed by atoms with Gasteiger partial charge >= 0.3 is 0 Å². The Balaban J connectivity index is 2.61. The van der Waals surface area contributed by atoms with Gasteiger partial charge in [-0.1, -0.05) is 13.0 Å². The Morgan fingerprint density at radius 1 is 1.44 bits per heavy atom. The van der Waals surface area contributed by atoms with Gasteiger partial charge in [-0.25, -0.2) is 0 Å². The molecule has 0 aromatic heterocycles. The number of hydrogen-bond donors (Lipinski definition) is 2. The molecule has 1 aliphatic rings.